The predicted molar refractivity (Wildman–Crippen MR) is 102 cm³/mol. The Hall–Kier alpha value is -2.60. The standard InChI is InChI=1S/C20H21NO4S/c1-4-25-20(22)19-18(13-8-6-5-7-9-13)21-12-14-10-15(23-2)16(24-3)11-17(14)26-19/h5-11,21H,4,12H2,1-3H3. The third kappa shape index (κ3) is 3.65. The predicted octanol–water partition coefficient (Wildman–Crippen LogP) is 3.83. The smallest absolute Gasteiger partial charge is 0.347 e. The van der Waals surface area contributed by atoms with Crippen LogP contribution in [0.4, 0.5) is 0 Å². The molecule has 0 spiro atoms. The molecule has 0 fully saturated rings. The van der Waals surface area contributed by atoms with Crippen molar-refractivity contribution in [1.29, 1.82) is 0 Å². The van der Waals surface area contributed by atoms with E-state index in [-0.39, 0.29) is 5.97 Å². The lowest BCUT2D eigenvalue weighted by Gasteiger charge is -2.13. The molecular weight excluding hydrogens is 350 g/mol. The quantitative estimate of drug-likeness (QED) is 0.806. The maximum absolute atomic E-state index is 12.6. The number of rotatable bonds is 5. The van der Waals surface area contributed by atoms with Crippen LogP contribution in [0.5, 0.6) is 11.5 Å². The van der Waals surface area contributed by atoms with Gasteiger partial charge in [-0.25, -0.2) is 4.79 Å². The molecule has 0 unspecified atom stereocenters. The van der Waals surface area contributed by atoms with Crippen molar-refractivity contribution in [1.82, 2.24) is 5.32 Å². The van der Waals surface area contributed by atoms with Crippen molar-refractivity contribution in [2.75, 3.05) is 20.8 Å². The SMILES string of the molecule is CCOC(=O)C1=C(c2ccccc2)NCc2cc(OC)c(OC)cc2S1. The second-order valence-electron chi connectivity index (χ2n) is 5.56. The molecule has 0 aromatic heterocycles. The van der Waals surface area contributed by atoms with E-state index in [2.05, 4.69) is 5.32 Å². The molecule has 1 aliphatic rings. The zero-order valence-corrected chi connectivity index (χ0v) is 15.8. The Bertz CT molecular complexity index is 833. The number of hydrogen-bond acceptors (Lipinski definition) is 6. The fraction of sp³-hybridized carbons (Fsp3) is 0.250. The van der Waals surface area contributed by atoms with Gasteiger partial charge in [0, 0.05) is 11.4 Å². The maximum Gasteiger partial charge on any atom is 0.347 e. The van der Waals surface area contributed by atoms with E-state index in [1.54, 1.807) is 21.1 Å². The van der Waals surface area contributed by atoms with Crippen LogP contribution in [0.1, 0.15) is 18.1 Å². The lowest BCUT2D eigenvalue weighted by molar-refractivity contribution is -0.137. The molecule has 0 atom stereocenters. The number of thioether (sulfide) groups is 1. The van der Waals surface area contributed by atoms with E-state index in [4.69, 9.17) is 14.2 Å². The van der Waals surface area contributed by atoms with Gasteiger partial charge in [0.15, 0.2) is 11.5 Å². The lowest BCUT2D eigenvalue weighted by Crippen LogP contribution is -2.16. The van der Waals surface area contributed by atoms with Gasteiger partial charge in [-0.15, -0.1) is 0 Å². The van der Waals surface area contributed by atoms with E-state index < -0.39 is 0 Å². The van der Waals surface area contributed by atoms with Gasteiger partial charge in [-0.1, -0.05) is 42.1 Å². The van der Waals surface area contributed by atoms with Crippen LogP contribution in [-0.4, -0.2) is 26.8 Å². The molecule has 0 bridgehead atoms. The summed E-state index contributed by atoms with van der Waals surface area (Å²) in [6.45, 7) is 2.69. The molecule has 26 heavy (non-hydrogen) atoms. The van der Waals surface area contributed by atoms with E-state index in [9.17, 15) is 4.79 Å². The average molecular weight is 371 g/mol. The first-order valence-corrected chi connectivity index (χ1v) is 9.13. The van der Waals surface area contributed by atoms with Gasteiger partial charge in [0.2, 0.25) is 0 Å². The highest BCUT2D eigenvalue weighted by Crippen LogP contribution is 2.42. The highest BCUT2D eigenvalue weighted by molar-refractivity contribution is 8.04. The number of hydrogen-bond donors (Lipinski definition) is 1. The van der Waals surface area contributed by atoms with Crippen LogP contribution in [0.2, 0.25) is 0 Å². The van der Waals surface area contributed by atoms with Gasteiger partial charge in [-0.2, -0.15) is 0 Å². The molecule has 5 nitrogen and oxygen atoms in total. The molecule has 1 N–H and O–H groups in total. The zero-order valence-electron chi connectivity index (χ0n) is 15.0. The Morgan fingerprint density at radius 2 is 1.81 bits per heavy atom. The molecule has 2 aromatic rings. The third-order valence-electron chi connectivity index (χ3n) is 3.98. The van der Waals surface area contributed by atoms with Crippen molar-refractivity contribution in [3.05, 3.63) is 58.5 Å². The van der Waals surface area contributed by atoms with Crippen molar-refractivity contribution >= 4 is 23.4 Å². The van der Waals surface area contributed by atoms with Gasteiger partial charge in [0.05, 0.1) is 26.5 Å². The molecule has 3 rings (SSSR count). The number of fused-ring (bicyclic) bond motifs is 1. The van der Waals surface area contributed by atoms with Gasteiger partial charge in [-0.3, -0.25) is 0 Å². The number of nitrogens with one attached hydrogen (secondary N) is 1. The molecule has 0 saturated heterocycles. The summed E-state index contributed by atoms with van der Waals surface area (Å²) in [6.07, 6.45) is 0. The van der Waals surface area contributed by atoms with Gasteiger partial charge in [0.1, 0.15) is 4.91 Å². The molecule has 0 aliphatic carbocycles. The van der Waals surface area contributed by atoms with Crippen LogP contribution >= 0.6 is 11.8 Å². The summed E-state index contributed by atoms with van der Waals surface area (Å²) >= 11 is 1.38. The van der Waals surface area contributed by atoms with Gasteiger partial charge >= 0.3 is 5.97 Å². The minimum Gasteiger partial charge on any atom is -0.493 e. The fourth-order valence-corrected chi connectivity index (χ4v) is 3.82. The monoisotopic (exact) mass is 371 g/mol. The number of benzene rings is 2. The Morgan fingerprint density at radius 3 is 2.46 bits per heavy atom. The van der Waals surface area contributed by atoms with Gasteiger partial charge in [-0.05, 0) is 30.2 Å². The molecule has 6 heteroatoms. The van der Waals surface area contributed by atoms with Crippen LogP contribution in [-0.2, 0) is 16.1 Å². The summed E-state index contributed by atoms with van der Waals surface area (Å²) in [5, 5.41) is 3.39. The van der Waals surface area contributed by atoms with Crippen LogP contribution in [0, 0.1) is 0 Å². The summed E-state index contributed by atoms with van der Waals surface area (Å²) in [5.41, 5.74) is 2.73. The first-order valence-electron chi connectivity index (χ1n) is 8.31. The molecule has 0 saturated carbocycles. The highest BCUT2D eigenvalue weighted by atomic mass is 32.2. The second kappa shape index (κ2) is 8.19. The molecule has 1 aliphatic heterocycles. The van der Waals surface area contributed by atoms with Gasteiger partial charge < -0.3 is 19.5 Å². The van der Waals surface area contributed by atoms with E-state index >= 15 is 0 Å². The highest BCUT2D eigenvalue weighted by Gasteiger charge is 2.25. The van der Waals surface area contributed by atoms with Crippen LogP contribution < -0.4 is 14.8 Å². The first kappa shape index (κ1) is 18.2. The van der Waals surface area contributed by atoms with Crippen molar-refractivity contribution in [3.63, 3.8) is 0 Å². The van der Waals surface area contributed by atoms with Gasteiger partial charge in [0.25, 0.3) is 0 Å². The van der Waals surface area contributed by atoms with Crippen LogP contribution in [0.15, 0.2) is 52.3 Å². The van der Waals surface area contributed by atoms with Crippen LogP contribution in [0.25, 0.3) is 5.70 Å². The Labute approximate surface area is 157 Å². The number of ether oxygens (including phenoxy) is 3. The van der Waals surface area contributed by atoms with Crippen molar-refractivity contribution < 1.29 is 19.0 Å². The molecule has 1 heterocycles. The molecule has 136 valence electrons. The third-order valence-corrected chi connectivity index (χ3v) is 5.16. The Kier molecular flexibility index (Phi) is 5.73. The Morgan fingerprint density at radius 1 is 1.12 bits per heavy atom. The average Bonchev–Trinajstić information content (AvgIpc) is 2.86. The normalized spacial score (nSPS) is 13.3. The van der Waals surface area contributed by atoms with Crippen molar-refractivity contribution in [2.45, 2.75) is 18.4 Å². The van der Waals surface area contributed by atoms with Crippen molar-refractivity contribution in [2.24, 2.45) is 0 Å². The number of esters is 1. The minimum atomic E-state index is -0.341. The molecule has 2 aromatic carbocycles. The largest absolute Gasteiger partial charge is 0.493 e. The summed E-state index contributed by atoms with van der Waals surface area (Å²) in [4.78, 5) is 14.1. The first-order chi connectivity index (χ1) is 12.7. The number of carbonyl (C=O) groups excluding carboxylic acids is 1. The maximum atomic E-state index is 12.6. The summed E-state index contributed by atoms with van der Waals surface area (Å²) in [5.74, 6) is 0.950. The molecule has 0 radical (unpaired) electrons. The molecule has 0 amide bonds. The topological polar surface area (TPSA) is 56.8 Å². The second-order valence-corrected chi connectivity index (χ2v) is 6.61. The fourth-order valence-electron chi connectivity index (χ4n) is 2.74. The lowest BCUT2D eigenvalue weighted by atomic mass is 10.1. The summed E-state index contributed by atoms with van der Waals surface area (Å²) in [6, 6.07) is 13.6. The van der Waals surface area contributed by atoms with E-state index in [0.29, 0.717) is 29.6 Å². The molecular formula is C20H21NO4S. The summed E-state index contributed by atoms with van der Waals surface area (Å²) < 4.78 is 16.1. The van der Waals surface area contributed by atoms with E-state index in [1.807, 2.05) is 42.5 Å². The van der Waals surface area contributed by atoms with E-state index in [0.717, 1.165) is 21.7 Å². The summed E-state index contributed by atoms with van der Waals surface area (Å²) in [7, 11) is 3.21. The van der Waals surface area contributed by atoms with Crippen molar-refractivity contribution in [3.8, 4) is 11.5 Å². The zero-order chi connectivity index (χ0) is 18.5. The van der Waals surface area contributed by atoms with Crippen LogP contribution in [0.3, 0.4) is 0 Å². The number of carbonyl (C=O) groups is 1. The number of methoxy groups -OCH3 is 2. The Balaban J connectivity index is 2.09. The van der Waals surface area contributed by atoms with E-state index in [1.165, 1.54) is 11.8 Å². The minimum absolute atomic E-state index is 0.323.